The molecule has 1 atom stereocenters. The van der Waals surface area contributed by atoms with E-state index in [-0.39, 0.29) is 11.3 Å². The van der Waals surface area contributed by atoms with Gasteiger partial charge in [0.2, 0.25) is 0 Å². The molecule has 0 bridgehead atoms. The lowest BCUT2D eigenvalue weighted by Crippen LogP contribution is -2.33. The molecule has 3 N–H and O–H groups in total. The number of nitrogens with two attached hydrogens (primary N) is 1. The molecule has 0 saturated carbocycles. The third kappa shape index (κ3) is 3.58. The number of hydrogen-bond donors (Lipinski definition) is 2. The number of thiazole rings is 1. The van der Waals surface area contributed by atoms with Gasteiger partial charge in [0.15, 0.2) is 0 Å². The van der Waals surface area contributed by atoms with Gasteiger partial charge in [0, 0.05) is 12.0 Å². The highest BCUT2D eigenvalue weighted by Gasteiger charge is 2.26. The zero-order valence-corrected chi connectivity index (χ0v) is 13.8. The second-order valence-electron chi connectivity index (χ2n) is 6.93. The molecule has 2 rings (SSSR count). The van der Waals surface area contributed by atoms with Gasteiger partial charge in [0.1, 0.15) is 10.8 Å². The van der Waals surface area contributed by atoms with Crippen molar-refractivity contribution in [2.75, 3.05) is 13.1 Å². The number of nitrogen functional groups attached to an aromatic ring is 1. The van der Waals surface area contributed by atoms with E-state index in [1.165, 1.54) is 12.8 Å². The van der Waals surface area contributed by atoms with Gasteiger partial charge in [-0.2, -0.15) is 0 Å². The molecule has 4 nitrogen and oxygen atoms in total. The highest BCUT2D eigenvalue weighted by molar-refractivity contribution is 7.13. The molecule has 0 aliphatic carbocycles. The van der Waals surface area contributed by atoms with Gasteiger partial charge < -0.3 is 5.73 Å². The average Bonchev–Trinajstić information content (AvgIpc) is 2.73. The van der Waals surface area contributed by atoms with E-state index >= 15 is 0 Å². The number of rotatable bonds is 3. The minimum Gasteiger partial charge on any atom is -0.383 e. The highest BCUT2D eigenvalue weighted by Crippen LogP contribution is 2.30. The van der Waals surface area contributed by atoms with Crippen LogP contribution in [0.15, 0.2) is 0 Å². The zero-order valence-electron chi connectivity index (χ0n) is 13.0. The largest absolute Gasteiger partial charge is 0.383 e. The van der Waals surface area contributed by atoms with Crippen LogP contribution in [0.1, 0.15) is 56.1 Å². The molecule has 1 aliphatic heterocycles. The van der Waals surface area contributed by atoms with E-state index < -0.39 is 0 Å². The van der Waals surface area contributed by atoms with Gasteiger partial charge in [0.05, 0.1) is 17.1 Å². The maximum absolute atomic E-state index is 7.76. The fourth-order valence-electron chi connectivity index (χ4n) is 2.74. The Morgan fingerprint density at radius 1 is 1.50 bits per heavy atom. The number of hydrogen-bond acceptors (Lipinski definition) is 4. The lowest BCUT2D eigenvalue weighted by atomic mass is 9.91. The molecule has 1 fully saturated rings. The van der Waals surface area contributed by atoms with Crippen molar-refractivity contribution < 1.29 is 0 Å². The van der Waals surface area contributed by atoms with E-state index in [0.29, 0.717) is 0 Å². The van der Waals surface area contributed by atoms with E-state index in [1.807, 2.05) is 0 Å². The van der Waals surface area contributed by atoms with E-state index in [9.17, 15) is 0 Å². The van der Waals surface area contributed by atoms with Crippen molar-refractivity contribution in [3.05, 3.63) is 15.6 Å². The maximum atomic E-state index is 7.76. The topological polar surface area (TPSA) is 66.0 Å². The molecule has 5 heteroatoms. The molecule has 1 aromatic heterocycles. The summed E-state index contributed by atoms with van der Waals surface area (Å²) in [5, 5.41) is 8.85. The van der Waals surface area contributed by atoms with E-state index in [0.717, 1.165) is 41.1 Å². The number of amidine groups is 1. The van der Waals surface area contributed by atoms with Crippen molar-refractivity contribution in [1.82, 2.24) is 9.88 Å². The molecule has 1 aromatic rings. The minimum absolute atomic E-state index is 0.0645. The number of likely N-dealkylation sites (tertiary alicyclic amines) is 1. The zero-order chi connectivity index (χ0) is 14.9. The fraction of sp³-hybridized carbons (Fsp3) is 0.733. The molecule has 0 amide bonds. The van der Waals surface area contributed by atoms with E-state index in [1.54, 1.807) is 11.3 Å². The summed E-state index contributed by atoms with van der Waals surface area (Å²) >= 11 is 1.59. The Kier molecular flexibility index (Phi) is 4.49. The number of piperidine rings is 1. The smallest absolute Gasteiger partial charge is 0.135 e. The Morgan fingerprint density at radius 2 is 2.20 bits per heavy atom. The second kappa shape index (κ2) is 5.82. The van der Waals surface area contributed by atoms with Crippen molar-refractivity contribution in [2.24, 2.45) is 11.7 Å². The van der Waals surface area contributed by atoms with Crippen molar-refractivity contribution in [1.29, 1.82) is 5.41 Å². The van der Waals surface area contributed by atoms with Crippen LogP contribution in [0.25, 0.3) is 0 Å². The monoisotopic (exact) mass is 294 g/mol. The first kappa shape index (κ1) is 15.4. The summed E-state index contributed by atoms with van der Waals surface area (Å²) in [5.74, 6) is 0.920. The Bertz CT molecular complexity index is 487. The SMILES string of the molecule is CC1CCCN(Cc2nc(C(C)(C)C)c(C(=N)N)s2)C1. The maximum Gasteiger partial charge on any atom is 0.135 e. The normalized spacial score (nSPS) is 21.1. The van der Waals surface area contributed by atoms with Gasteiger partial charge in [-0.15, -0.1) is 11.3 Å². The average molecular weight is 294 g/mol. The van der Waals surface area contributed by atoms with Gasteiger partial charge in [-0.3, -0.25) is 10.3 Å². The summed E-state index contributed by atoms with van der Waals surface area (Å²) in [4.78, 5) is 8.10. The van der Waals surface area contributed by atoms with Crippen LogP contribution in [0.3, 0.4) is 0 Å². The standard InChI is InChI=1S/C15H26N4S/c1-10-6-5-7-19(8-10)9-11-18-13(15(2,3)4)12(20-11)14(16)17/h10H,5-9H2,1-4H3,(H3,16,17). The van der Waals surface area contributed by atoms with Gasteiger partial charge in [-0.25, -0.2) is 4.98 Å². The van der Waals surface area contributed by atoms with Crippen LogP contribution in [0.2, 0.25) is 0 Å². The predicted octanol–water partition coefficient (Wildman–Crippen LogP) is 2.96. The molecule has 1 saturated heterocycles. The first-order valence-electron chi connectivity index (χ1n) is 7.34. The van der Waals surface area contributed by atoms with Gasteiger partial charge in [0.25, 0.3) is 0 Å². The van der Waals surface area contributed by atoms with Crippen LogP contribution in [0.5, 0.6) is 0 Å². The number of aromatic nitrogens is 1. The molecule has 1 aliphatic rings. The first-order valence-corrected chi connectivity index (χ1v) is 8.16. The Balaban J connectivity index is 2.18. The Morgan fingerprint density at radius 3 is 2.70 bits per heavy atom. The summed E-state index contributed by atoms with van der Waals surface area (Å²) in [5.41, 5.74) is 6.62. The molecule has 2 heterocycles. The van der Waals surface area contributed by atoms with Crippen molar-refractivity contribution in [3.63, 3.8) is 0 Å². The van der Waals surface area contributed by atoms with Gasteiger partial charge in [-0.1, -0.05) is 27.7 Å². The minimum atomic E-state index is -0.0645. The summed E-state index contributed by atoms with van der Waals surface area (Å²) in [7, 11) is 0. The van der Waals surface area contributed by atoms with E-state index in [2.05, 4.69) is 32.6 Å². The molecule has 20 heavy (non-hydrogen) atoms. The molecular weight excluding hydrogens is 268 g/mol. The first-order chi connectivity index (χ1) is 9.27. The molecular formula is C15H26N4S. The third-order valence-corrected chi connectivity index (χ3v) is 4.80. The third-order valence-electron chi connectivity index (χ3n) is 3.73. The summed E-state index contributed by atoms with van der Waals surface area (Å²) < 4.78 is 0. The number of nitrogens with one attached hydrogen (secondary N) is 1. The molecule has 0 aromatic carbocycles. The summed E-state index contributed by atoms with van der Waals surface area (Å²) in [6, 6.07) is 0. The highest BCUT2D eigenvalue weighted by atomic mass is 32.1. The van der Waals surface area contributed by atoms with Crippen LogP contribution in [0.4, 0.5) is 0 Å². The molecule has 1 unspecified atom stereocenters. The van der Waals surface area contributed by atoms with Crippen LogP contribution in [0, 0.1) is 11.3 Å². The van der Waals surface area contributed by atoms with E-state index in [4.69, 9.17) is 16.1 Å². The summed E-state index contributed by atoms with van der Waals surface area (Å²) in [6.07, 6.45) is 2.61. The fourth-order valence-corrected chi connectivity index (χ4v) is 3.92. The van der Waals surface area contributed by atoms with Crippen molar-refractivity contribution >= 4 is 17.2 Å². The van der Waals surface area contributed by atoms with Crippen molar-refractivity contribution in [2.45, 2.75) is 52.5 Å². The van der Waals surface area contributed by atoms with Crippen LogP contribution in [-0.4, -0.2) is 28.8 Å². The van der Waals surface area contributed by atoms with Gasteiger partial charge >= 0.3 is 0 Å². The van der Waals surface area contributed by atoms with Crippen LogP contribution in [-0.2, 0) is 12.0 Å². The summed E-state index contributed by atoms with van der Waals surface area (Å²) in [6.45, 7) is 11.9. The Hall–Kier alpha value is -0.940. The Labute approximate surface area is 125 Å². The van der Waals surface area contributed by atoms with Crippen molar-refractivity contribution in [3.8, 4) is 0 Å². The van der Waals surface area contributed by atoms with Gasteiger partial charge in [-0.05, 0) is 25.3 Å². The lowest BCUT2D eigenvalue weighted by Gasteiger charge is -2.30. The predicted molar refractivity (Wildman–Crippen MR) is 85.5 cm³/mol. The van der Waals surface area contributed by atoms with Crippen LogP contribution < -0.4 is 5.73 Å². The molecule has 0 spiro atoms. The second-order valence-corrected chi connectivity index (χ2v) is 8.02. The van der Waals surface area contributed by atoms with Crippen LogP contribution >= 0.6 is 11.3 Å². The molecule has 112 valence electrons. The molecule has 0 radical (unpaired) electrons. The lowest BCUT2D eigenvalue weighted by molar-refractivity contribution is 0.176. The number of nitrogens with zero attached hydrogens (tertiary/aromatic N) is 2. The quantitative estimate of drug-likeness (QED) is 0.665.